The molecule has 1 saturated heterocycles. The number of aryl methyl sites for hydroxylation is 1. The predicted octanol–water partition coefficient (Wildman–Crippen LogP) is 2.58. The van der Waals surface area contributed by atoms with Crippen molar-refractivity contribution >= 4 is 11.9 Å². The summed E-state index contributed by atoms with van der Waals surface area (Å²) in [6, 6.07) is 7.56. The van der Waals surface area contributed by atoms with E-state index in [1.54, 1.807) is 4.90 Å². The SMILES string of the molecule is CCc1ccccc1C(=O)N1CCC(CC)(C(=O)O)C1. The molecule has 1 aliphatic rings. The molecule has 0 spiro atoms. The van der Waals surface area contributed by atoms with Crippen molar-refractivity contribution in [2.75, 3.05) is 13.1 Å². The fourth-order valence-corrected chi connectivity index (χ4v) is 2.87. The summed E-state index contributed by atoms with van der Waals surface area (Å²) in [5, 5.41) is 9.40. The maximum atomic E-state index is 12.6. The van der Waals surface area contributed by atoms with Gasteiger partial charge in [-0.2, -0.15) is 0 Å². The number of aliphatic carboxylic acids is 1. The topological polar surface area (TPSA) is 57.6 Å². The van der Waals surface area contributed by atoms with Gasteiger partial charge in [0.05, 0.1) is 5.41 Å². The Labute approximate surface area is 119 Å². The van der Waals surface area contributed by atoms with E-state index in [-0.39, 0.29) is 5.91 Å². The Morgan fingerprint density at radius 2 is 2.00 bits per heavy atom. The number of carboxylic acid groups (broad SMARTS) is 1. The third kappa shape index (κ3) is 2.42. The minimum absolute atomic E-state index is 0.0426. The molecule has 2 rings (SSSR count). The van der Waals surface area contributed by atoms with E-state index >= 15 is 0 Å². The average Bonchev–Trinajstić information content (AvgIpc) is 2.92. The molecule has 108 valence electrons. The van der Waals surface area contributed by atoms with Crippen LogP contribution in [0, 0.1) is 5.41 Å². The fourth-order valence-electron chi connectivity index (χ4n) is 2.87. The first kappa shape index (κ1) is 14.6. The highest BCUT2D eigenvalue weighted by molar-refractivity contribution is 5.96. The van der Waals surface area contributed by atoms with Crippen molar-refractivity contribution in [3.8, 4) is 0 Å². The molecule has 0 radical (unpaired) electrons. The second-order valence-electron chi connectivity index (χ2n) is 5.43. The number of amides is 1. The number of carbonyl (C=O) groups excluding carboxylic acids is 1. The van der Waals surface area contributed by atoms with Crippen molar-refractivity contribution in [1.82, 2.24) is 4.90 Å². The molecular weight excluding hydrogens is 254 g/mol. The number of likely N-dealkylation sites (tertiary alicyclic amines) is 1. The van der Waals surface area contributed by atoms with Crippen molar-refractivity contribution in [3.05, 3.63) is 35.4 Å². The maximum Gasteiger partial charge on any atom is 0.311 e. The van der Waals surface area contributed by atoms with Crippen LogP contribution in [0.4, 0.5) is 0 Å². The zero-order chi connectivity index (χ0) is 14.8. The molecule has 1 fully saturated rings. The molecule has 0 bridgehead atoms. The highest BCUT2D eigenvalue weighted by Crippen LogP contribution is 2.35. The van der Waals surface area contributed by atoms with Crippen LogP contribution in [0.2, 0.25) is 0 Å². The van der Waals surface area contributed by atoms with Gasteiger partial charge in [-0.1, -0.05) is 32.0 Å². The first-order valence-electron chi connectivity index (χ1n) is 7.14. The van der Waals surface area contributed by atoms with Gasteiger partial charge in [-0.3, -0.25) is 9.59 Å². The van der Waals surface area contributed by atoms with Gasteiger partial charge in [-0.25, -0.2) is 0 Å². The molecule has 1 heterocycles. The van der Waals surface area contributed by atoms with E-state index < -0.39 is 11.4 Å². The molecule has 0 aliphatic carbocycles. The van der Waals surface area contributed by atoms with Crippen LogP contribution in [0.15, 0.2) is 24.3 Å². The summed E-state index contributed by atoms with van der Waals surface area (Å²) in [5.41, 5.74) is 0.950. The third-order valence-electron chi connectivity index (χ3n) is 4.40. The van der Waals surface area contributed by atoms with Gasteiger partial charge in [-0.05, 0) is 30.9 Å². The Balaban J connectivity index is 2.22. The molecule has 4 nitrogen and oxygen atoms in total. The molecule has 4 heteroatoms. The van der Waals surface area contributed by atoms with Crippen LogP contribution in [0.5, 0.6) is 0 Å². The van der Waals surface area contributed by atoms with Gasteiger partial charge < -0.3 is 10.0 Å². The lowest BCUT2D eigenvalue weighted by Gasteiger charge is -2.23. The molecule has 20 heavy (non-hydrogen) atoms. The summed E-state index contributed by atoms with van der Waals surface area (Å²) < 4.78 is 0. The van der Waals surface area contributed by atoms with Crippen molar-refractivity contribution in [3.63, 3.8) is 0 Å². The Morgan fingerprint density at radius 1 is 1.30 bits per heavy atom. The van der Waals surface area contributed by atoms with Crippen LogP contribution in [0.3, 0.4) is 0 Å². The van der Waals surface area contributed by atoms with Crippen LogP contribution in [0.25, 0.3) is 0 Å². The molecule has 1 aromatic carbocycles. The summed E-state index contributed by atoms with van der Waals surface area (Å²) in [5.74, 6) is -0.835. The second kappa shape index (κ2) is 5.65. The highest BCUT2D eigenvalue weighted by atomic mass is 16.4. The molecule has 1 aliphatic heterocycles. The van der Waals surface area contributed by atoms with Crippen LogP contribution < -0.4 is 0 Å². The van der Waals surface area contributed by atoms with E-state index in [4.69, 9.17) is 0 Å². The van der Waals surface area contributed by atoms with E-state index in [0.717, 1.165) is 12.0 Å². The van der Waals surface area contributed by atoms with Gasteiger partial charge in [0.25, 0.3) is 5.91 Å². The zero-order valence-corrected chi connectivity index (χ0v) is 12.1. The number of nitrogens with zero attached hydrogens (tertiary/aromatic N) is 1. The predicted molar refractivity (Wildman–Crippen MR) is 76.7 cm³/mol. The Bertz CT molecular complexity index is 526. The first-order valence-corrected chi connectivity index (χ1v) is 7.14. The van der Waals surface area contributed by atoms with Crippen molar-refractivity contribution in [1.29, 1.82) is 0 Å². The van der Waals surface area contributed by atoms with E-state index in [1.807, 2.05) is 38.1 Å². The molecule has 0 saturated carbocycles. The standard InChI is InChI=1S/C16H21NO3/c1-3-12-7-5-6-8-13(12)14(18)17-10-9-16(4-2,11-17)15(19)20/h5-8H,3-4,9-11H2,1-2H3,(H,19,20). The van der Waals surface area contributed by atoms with Gasteiger partial charge >= 0.3 is 5.97 Å². The van der Waals surface area contributed by atoms with Crippen LogP contribution >= 0.6 is 0 Å². The van der Waals surface area contributed by atoms with Gasteiger partial charge in [0, 0.05) is 18.7 Å². The third-order valence-corrected chi connectivity index (χ3v) is 4.40. The van der Waals surface area contributed by atoms with Gasteiger partial charge in [0.1, 0.15) is 0 Å². The lowest BCUT2D eigenvalue weighted by Crippen LogP contribution is -2.36. The molecule has 0 aromatic heterocycles. The lowest BCUT2D eigenvalue weighted by atomic mass is 9.84. The lowest BCUT2D eigenvalue weighted by molar-refractivity contribution is -0.148. The van der Waals surface area contributed by atoms with E-state index in [1.165, 1.54) is 0 Å². The van der Waals surface area contributed by atoms with Crippen molar-refractivity contribution < 1.29 is 14.7 Å². The van der Waals surface area contributed by atoms with E-state index in [0.29, 0.717) is 31.5 Å². The molecule has 1 N–H and O–H groups in total. The minimum Gasteiger partial charge on any atom is -0.481 e. The highest BCUT2D eigenvalue weighted by Gasteiger charge is 2.44. The number of hydrogen-bond acceptors (Lipinski definition) is 2. The van der Waals surface area contributed by atoms with Gasteiger partial charge in [0.2, 0.25) is 0 Å². The summed E-state index contributed by atoms with van der Waals surface area (Å²) >= 11 is 0. The largest absolute Gasteiger partial charge is 0.481 e. The summed E-state index contributed by atoms with van der Waals surface area (Å²) in [4.78, 5) is 25.7. The monoisotopic (exact) mass is 275 g/mol. The Hall–Kier alpha value is -1.84. The van der Waals surface area contributed by atoms with Crippen molar-refractivity contribution in [2.24, 2.45) is 5.41 Å². The number of hydrogen-bond donors (Lipinski definition) is 1. The quantitative estimate of drug-likeness (QED) is 0.918. The van der Waals surface area contributed by atoms with Gasteiger partial charge in [0.15, 0.2) is 0 Å². The second-order valence-corrected chi connectivity index (χ2v) is 5.43. The zero-order valence-electron chi connectivity index (χ0n) is 12.1. The van der Waals surface area contributed by atoms with Crippen LogP contribution in [-0.2, 0) is 11.2 Å². The summed E-state index contributed by atoms with van der Waals surface area (Å²) in [6.07, 6.45) is 1.90. The first-order chi connectivity index (χ1) is 9.54. The molecule has 1 aromatic rings. The number of carbonyl (C=O) groups is 2. The summed E-state index contributed by atoms with van der Waals surface area (Å²) in [6.45, 7) is 4.73. The Kier molecular flexibility index (Phi) is 4.12. The van der Waals surface area contributed by atoms with Crippen LogP contribution in [-0.4, -0.2) is 35.0 Å². The number of carboxylic acids is 1. The molecule has 1 atom stereocenters. The Morgan fingerprint density at radius 3 is 2.55 bits per heavy atom. The van der Waals surface area contributed by atoms with Crippen LogP contribution in [0.1, 0.15) is 42.6 Å². The summed E-state index contributed by atoms with van der Waals surface area (Å²) in [7, 11) is 0. The smallest absolute Gasteiger partial charge is 0.311 e. The average molecular weight is 275 g/mol. The number of rotatable bonds is 4. The van der Waals surface area contributed by atoms with Gasteiger partial charge in [-0.15, -0.1) is 0 Å². The molecule has 1 amide bonds. The number of benzene rings is 1. The minimum atomic E-state index is -0.793. The fraction of sp³-hybridized carbons (Fsp3) is 0.500. The normalized spacial score (nSPS) is 22.0. The van der Waals surface area contributed by atoms with Crippen molar-refractivity contribution in [2.45, 2.75) is 33.1 Å². The molecule has 1 unspecified atom stereocenters. The maximum absolute atomic E-state index is 12.6. The van der Waals surface area contributed by atoms with E-state index in [2.05, 4.69) is 0 Å². The molecular formula is C16H21NO3. The van der Waals surface area contributed by atoms with E-state index in [9.17, 15) is 14.7 Å².